The van der Waals surface area contributed by atoms with Crippen molar-refractivity contribution in [2.24, 2.45) is 5.73 Å². The highest BCUT2D eigenvalue weighted by Crippen LogP contribution is 2.33. The number of nitrogens with zero attached hydrogens (tertiary/aromatic N) is 3. The van der Waals surface area contributed by atoms with Gasteiger partial charge in [-0.3, -0.25) is 4.79 Å². The number of pyridine rings is 1. The number of aromatic nitrogens is 2. The number of hydrogen-bond donors (Lipinski definition) is 2. The molecule has 0 spiro atoms. The first kappa shape index (κ1) is 20.4. The normalized spacial score (nSPS) is 11.7. The summed E-state index contributed by atoms with van der Waals surface area (Å²) in [6.07, 6.45) is 0.130. The monoisotopic (exact) mass is 464 g/mol. The topological polar surface area (TPSA) is 135 Å². The van der Waals surface area contributed by atoms with Gasteiger partial charge in [-0.2, -0.15) is 5.26 Å². The van der Waals surface area contributed by atoms with E-state index in [2.05, 4.69) is 25.9 Å². The fourth-order valence-electron chi connectivity index (χ4n) is 2.40. The number of benzene rings is 1. The molecule has 0 bridgehead atoms. The number of hydrogen-bond acceptors (Lipinski definition) is 7. The van der Waals surface area contributed by atoms with Crippen molar-refractivity contribution in [3.05, 3.63) is 63.9 Å². The standard InChI is InChI=1S/C18H11BrF2N4O4/c19-16-15(8-1-2-9(5-22)24-6-8)25-18(29-16)12(7-26)28-11-4-3-10(20)13(14(11)21)17(23)27/h1-4,6,12,26H,7H2,(H2,23,27)/t12-/m1/s1. The number of rotatable bonds is 6. The zero-order valence-corrected chi connectivity index (χ0v) is 16.0. The molecule has 8 nitrogen and oxygen atoms in total. The maximum absolute atomic E-state index is 14.4. The van der Waals surface area contributed by atoms with Gasteiger partial charge in [-0.1, -0.05) is 0 Å². The molecule has 1 amide bonds. The number of nitriles is 1. The van der Waals surface area contributed by atoms with Crippen molar-refractivity contribution < 1.29 is 27.8 Å². The van der Waals surface area contributed by atoms with Crippen LogP contribution in [0.3, 0.4) is 0 Å². The molecule has 2 heterocycles. The minimum absolute atomic E-state index is 0.122. The predicted octanol–water partition coefficient (Wildman–Crippen LogP) is 2.86. The number of carbonyl (C=O) groups is 1. The van der Waals surface area contributed by atoms with Crippen molar-refractivity contribution in [1.29, 1.82) is 5.26 Å². The van der Waals surface area contributed by atoms with Crippen molar-refractivity contribution >= 4 is 21.8 Å². The van der Waals surface area contributed by atoms with Crippen molar-refractivity contribution in [2.45, 2.75) is 6.10 Å². The molecule has 11 heteroatoms. The molecule has 3 aromatic rings. The first-order valence-electron chi connectivity index (χ1n) is 7.93. The number of carbonyl (C=O) groups excluding carboxylic acids is 1. The van der Waals surface area contributed by atoms with Gasteiger partial charge >= 0.3 is 0 Å². The molecule has 0 aliphatic heterocycles. The van der Waals surface area contributed by atoms with E-state index in [0.717, 1.165) is 12.1 Å². The predicted molar refractivity (Wildman–Crippen MR) is 97.5 cm³/mol. The average molecular weight is 465 g/mol. The Bertz CT molecular complexity index is 1110. The van der Waals surface area contributed by atoms with E-state index >= 15 is 0 Å². The summed E-state index contributed by atoms with van der Waals surface area (Å²) in [5, 5.41) is 18.4. The van der Waals surface area contributed by atoms with E-state index in [4.69, 9.17) is 20.1 Å². The molecule has 0 unspecified atom stereocenters. The first-order valence-corrected chi connectivity index (χ1v) is 8.73. The summed E-state index contributed by atoms with van der Waals surface area (Å²) in [6, 6.07) is 6.72. The molecule has 29 heavy (non-hydrogen) atoms. The third-order valence-electron chi connectivity index (χ3n) is 3.77. The number of oxazole rings is 1. The number of nitrogens with two attached hydrogens (primary N) is 1. The van der Waals surface area contributed by atoms with E-state index in [1.807, 2.05) is 6.07 Å². The zero-order valence-electron chi connectivity index (χ0n) is 14.4. The molecule has 1 atom stereocenters. The average Bonchev–Trinajstić information content (AvgIpc) is 3.08. The van der Waals surface area contributed by atoms with Crippen LogP contribution in [0.5, 0.6) is 5.75 Å². The second kappa shape index (κ2) is 8.34. The van der Waals surface area contributed by atoms with Crippen molar-refractivity contribution in [3.8, 4) is 23.1 Å². The van der Waals surface area contributed by atoms with Crippen LogP contribution in [0.15, 0.2) is 39.5 Å². The highest BCUT2D eigenvalue weighted by molar-refractivity contribution is 9.10. The Morgan fingerprint density at radius 2 is 2.14 bits per heavy atom. The molecular formula is C18H11BrF2N4O4. The van der Waals surface area contributed by atoms with Crippen LogP contribution in [0.1, 0.15) is 28.0 Å². The van der Waals surface area contributed by atoms with Crippen molar-refractivity contribution in [2.75, 3.05) is 6.61 Å². The molecule has 0 radical (unpaired) electrons. The molecule has 3 N–H and O–H groups in total. The third-order valence-corrected chi connectivity index (χ3v) is 4.30. The smallest absolute Gasteiger partial charge is 0.254 e. The Labute approximate surface area is 170 Å². The van der Waals surface area contributed by atoms with Crippen LogP contribution in [0.25, 0.3) is 11.3 Å². The molecule has 0 saturated carbocycles. The summed E-state index contributed by atoms with van der Waals surface area (Å²) in [5.74, 6) is -4.39. The van der Waals surface area contributed by atoms with Gasteiger partial charge in [-0.15, -0.1) is 0 Å². The Morgan fingerprint density at radius 1 is 1.38 bits per heavy atom. The number of amides is 1. The fraction of sp³-hybridized carbons (Fsp3) is 0.111. The molecule has 148 valence electrons. The molecule has 0 aliphatic rings. The van der Waals surface area contributed by atoms with Crippen LogP contribution >= 0.6 is 15.9 Å². The Kier molecular flexibility index (Phi) is 5.86. The van der Waals surface area contributed by atoms with E-state index in [0.29, 0.717) is 11.3 Å². The summed E-state index contributed by atoms with van der Waals surface area (Å²) in [5.41, 5.74) is 5.04. The van der Waals surface area contributed by atoms with E-state index in [1.165, 1.54) is 12.3 Å². The molecular weight excluding hydrogens is 454 g/mol. The Hall–Kier alpha value is -3.36. The lowest BCUT2D eigenvalue weighted by Crippen LogP contribution is -2.18. The molecule has 0 fully saturated rings. The minimum Gasteiger partial charge on any atom is -0.475 e. The minimum atomic E-state index is -1.31. The Balaban J connectivity index is 1.93. The van der Waals surface area contributed by atoms with Gasteiger partial charge in [0.1, 0.15) is 28.8 Å². The van der Waals surface area contributed by atoms with Crippen LogP contribution in [0.4, 0.5) is 8.78 Å². The number of halogens is 3. The molecule has 2 aromatic heterocycles. The van der Waals surface area contributed by atoms with E-state index < -0.39 is 41.6 Å². The van der Waals surface area contributed by atoms with Gasteiger partial charge in [0.2, 0.25) is 5.89 Å². The number of primary amides is 1. The lowest BCUT2D eigenvalue weighted by Gasteiger charge is -2.15. The van der Waals surface area contributed by atoms with E-state index in [-0.39, 0.29) is 16.3 Å². The van der Waals surface area contributed by atoms with Gasteiger partial charge in [0.05, 0.1) is 6.61 Å². The molecule has 0 aliphatic carbocycles. The van der Waals surface area contributed by atoms with Crippen LogP contribution in [-0.2, 0) is 0 Å². The van der Waals surface area contributed by atoms with Crippen LogP contribution in [-0.4, -0.2) is 27.6 Å². The van der Waals surface area contributed by atoms with Gasteiger partial charge < -0.3 is 20.0 Å². The molecule has 1 aromatic carbocycles. The lowest BCUT2D eigenvalue weighted by molar-refractivity contribution is 0.0880. The lowest BCUT2D eigenvalue weighted by atomic mass is 10.1. The maximum atomic E-state index is 14.4. The van der Waals surface area contributed by atoms with Crippen LogP contribution in [0.2, 0.25) is 0 Å². The second-order valence-corrected chi connectivity index (χ2v) is 6.33. The summed E-state index contributed by atoms with van der Waals surface area (Å²) in [6.45, 7) is -0.666. The zero-order chi connectivity index (χ0) is 21.1. The van der Waals surface area contributed by atoms with E-state index in [1.54, 1.807) is 6.07 Å². The van der Waals surface area contributed by atoms with Gasteiger partial charge in [-0.25, -0.2) is 18.7 Å². The first-order chi connectivity index (χ1) is 13.8. The summed E-state index contributed by atoms with van der Waals surface area (Å²) in [7, 11) is 0. The summed E-state index contributed by atoms with van der Waals surface area (Å²) in [4.78, 5) is 19.4. The van der Waals surface area contributed by atoms with E-state index in [9.17, 15) is 18.7 Å². The maximum Gasteiger partial charge on any atom is 0.254 e. The highest BCUT2D eigenvalue weighted by atomic mass is 79.9. The van der Waals surface area contributed by atoms with Crippen molar-refractivity contribution in [1.82, 2.24) is 9.97 Å². The van der Waals surface area contributed by atoms with Gasteiger partial charge in [0, 0.05) is 11.8 Å². The fourth-order valence-corrected chi connectivity index (χ4v) is 2.89. The SMILES string of the molecule is N#Cc1ccc(-c2nc([C@@H](CO)Oc3ccc(F)c(C(N)=O)c3F)oc2Br)cn1. The largest absolute Gasteiger partial charge is 0.475 e. The number of aliphatic hydroxyl groups is 1. The Morgan fingerprint density at radius 3 is 2.72 bits per heavy atom. The molecule has 3 rings (SSSR count). The van der Waals surface area contributed by atoms with Crippen molar-refractivity contribution in [3.63, 3.8) is 0 Å². The van der Waals surface area contributed by atoms with Crippen LogP contribution < -0.4 is 10.5 Å². The third kappa shape index (κ3) is 4.08. The summed E-state index contributed by atoms with van der Waals surface area (Å²) < 4.78 is 38.9. The van der Waals surface area contributed by atoms with Crippen LogP contribution in [0, 0.1) is 23.0 Å². The number of aliphatic hydroxyl groups excluding tert-OH is 1. The second-order valence-electron chi connectivity index (χ2n) is 5.61. The van der Waals surface area contributed by atoms with Gasteiger partial charge in [0.15, 0.2) is 22.3 Å². The quantitative estimate of drug-likeness (QED) is 0.572. The van der Waals surface area contributed by atoms with Gasteiger partial charge in [0.25, 0.3) is 5.91 Å². The summed E-state index contributed by atoms with van der Waals surface area (Å²) >= 11 is 3.18. The molecule has 0 saturated heterocycles. The number of ether oxygens (including phenoxy) is 1. The highest BCUT2D eigenvalue weighted by Gasteiger charge is 2.26. The van der Waals surface area contributed by atoms with Gasteiger partial charge in [-0.05, 0) is 40.2 Å².